The molecule has 1 N–H and O–H groups in total. The summed E-state index contributed by atoms with van der Waals surface area (Å²) in [4.78, 5) is 24.2. The van der Waals surface area contributed by atoms with Gasteiger partial charge in [-0.3, -0.25) is 10.1 Å². The van der Waals surface area contributed by atoms with Crippen LogP contribution in [0.25, 0.3) is 0 Å². The molecule has 0 saturated heterocycles. The number of nitro benzene ring substituents is 1. The fourth-order valence-corrected chi connectivity index (χ4v) is 4.88. The number of aromatic nitrogens is 1. The zero-order valence-corrected chi connectivity index (χ0v) is 19.3. The van der Waals surface area contributed by atoms with Gasteiger partial charge in [-0.25, -0.2) is 4.79 Å². The van der Waals surface area contributed by atoms with Crippen molar-refractivity contribution in [2.75, 3.05) is 19.0 Å². The van der Waals surface area contributed by atoms with Gasteiger partial charge in [-0.1, -0.05) is 24.3 Å². The van der Waals surface area contributed by atoms with E-state index in [-0.39, 0.29) is 12.3 Å². The molecule has 33 heavy (non-hydrogen) atoms. The van der Waals surface area contributed by atoms with Crippen molar-refractivity contribution in [3.05, 3.63) is 92.3 Å². The van der Waals surface area contributed by atoms with Gasteiger partial charge >= 0.3 is 5.97 Å². The van der Waals surface area contributed by atoms with Crippen molar-refractivity contribution in [3.63, 3.8) is 0 Å². The number of nitrogens with one attached hydrogen (secondary N) is 1. The van der Waals surface area contributed by atoms with Gasteiger partial charge in [-0.15, -0.1) is 0 Å². The van der Waals surface area contributed by atoms with Crippen LogP contribution in [0.4, 0.5) is 10.7 Å². The van der Waals surface area contributed by atoms with Gasteiger partial charge in [0.25, 0.3) is 5.69 Å². The molecule has 1 aliphatic rings. The molecular formula is C24H23N3O5S. The van der Waals surface area contributed by atoms with Crippen LogP contribution in [-0.4, -0.2) is 29.0 Å². The summed E-state index contributed by atoms with van der Waals surface area (Å²) in [7, 11) is 1.61. The minimum atomic E-state index is -0.510. The molecule has 0 saturated carbocycles. The van der Waals surface area contributed by atoms with Crippen LogP contribution in [-0.2, 0) is 16.0 Å². The molecule has 4 rings (SSSR count). The van der Waals surface area contributed by atoms with Gasteiger partial charge in [-0.2, -0.15) is 4.37 Å². The highest BCUT2D eigenvalue weighted by atomic mass is 32.1. The molecule has 3 aromatic rings. The number of non-ortho nitro benzene ring substituents is 1. The third kappa shape index (κ3) is 4.58. The van der Waals surface area contributed by atoms with Gasteiger partial charge in [0.2, 0.25) is 0 Å². The molecule has 0 bridgehead atoms. The number of carbonyl (C=O) groups excluding carboxylic acids is 1. The molecule has 0 amide bonds. The van der Waals surface area contributed by atoms with Crippen LogP contribution in [0, 0.1) is 17.0 Å². The highest BCUT2D eigenvalue weighted by molar-refractivity contribution is 7.10. The first-order chi connectivity index (χ1) is 15.9. The van der Waals surface area contributed by atoms with Crippen molar-refractivity contribution < 1.29 is 19.2 Å². The molecule has 0 fully saturated rings. The molecule has 9 heteroatoms. The third-order valence-corrected chi connectivity index (χ3v) is 6.45. The number of allylic oxidation sites excluding steroid dienone is 1. The van der Waals surface area contributed by atoms with E-state index in [0.29, 0.717) is 23.3 Å². The molecule has 170 valence electrons. The number of esters is 1. The van der Waals surface area contributed by atoms with Gasteiger partial charge in [-0.05, 0) is 48.6 Å². The van der Waals surface area contributed by atoms with E-state index in [1.807, 2.05) is 31.2 Å². The zero-order valence-electron chi connectivity index (χ0n) is 18.5. The fourth-order valence-electron chi connectivity index (χ4n) is 3.99. The minimum absolute atomic E-state index is 0.0307. The molecule has 1 atom stereocenters. The standard InChI is InChI=1S/C24H23N3O5S/c1-14-21(24(28)32-11-10-16-6-4-9-19(12-16)31-3)22(20-15(2)26-33-23(20)25-14)17-7-5-8-18(13-17)27(29)30/h4-9,12-13,22,25H,10-11H2,1-3H3. The predicted octanol–water partition coefficient (Wildman–Crippen LogP) is 4.99. The van der Waals surface area contributed by atoms with E-state index in [9.17, 15) is 14.9 Å². The summed E-state index contributed by atoms with van der Waals surface area (Å²) in [5, 5.41) is 15.5. The highest BCUT2D eigenvalue weighted by Gasteiger charge is 2.36. The first-order valence-corrected chi connectivity index (χ1v) is 11.1. The van der Waals surface area contributed by atoms with Crippen molar-refractivity contribution in [2.45, 2.75) is 26.2 Å². The Morgan fingerprint density at radius 3 is 2.76 bits per heavy atom. The number of ether oxygens (including phenoxy) is 2. The minimum Gasteiger partial charge on any atom is -0.497 e. The lowest BCUT2D eigenvalue weighted by Crippen LogP contribution is -2.24. The second-order valence-electron chi connectivity index (χ2n) is 7.70. The molecule has 8 nitrogen and oxygen atoms in total. The predicted molar refractivity (Wildman–Crippen MR) is 126 cm³/mol. The number of rotatable bonds is 7. The fraction of sp³-hybridized carbons (Fsp3) is 0.250. The molecule has 0 spiro atoms. The van der Waals surface area contributed by atoms with Crippen molar-refractivity contribution in [1.29, 1.82) is 0 Å². The van der Waals surface area contributed by atoms with Crippen LogP contribution in [0.15, 0.2) is 59.8 Å². The summed E-state index contributed by atoms with van der Waals surface area (Å²) in [6.07, 6.45) is 0.536. The molecule has 0 radical (unpaired) electrons. The Morgan fingerprint density at radius 2 is 2.00 bits per heavy atom. The van der Waals surface area contributed by atoms with Gasteiger partial charge in [0.1, 0.15) is 10.8 Å². The van der Waals surface area contributed by atoms with E-state index in [2.05, 4.69) is 9.69 Å². The first-order valence-electron chi connectivity index (χ1n) is 10.4. The van der Waals surface area contributed by atoms with E-state index in [4.69, 9.17) is 9.47 Å². The van der Waals surface area contributed by atoms with Crippen LogP contribution >= 0.6 is 11.5 Å². The second kappa shape index (κ2) is 9.41. The van der Waals surface area contributed by atoms with Crippen LogP contribution in [0.5, 0.6) is 5.75 Å². The number of nitro groups is 1. The van der Waals surface area contributed by atoms with Crippen LogP contribution < -0.4 is 10.1 Å². The van der Waals surface area contributed by atoms with Crippen molar-refractivity contribution >= 4 is 28.2 Å². The SMILES string of the molecule is COc1cccc(CCOC(=O)C2=C(C)Nc3snc(C)c3C2c2cccc([N+](=O)[O-])c2)c1. The van der Waals surface area contributed by atoms with E-state index in [1.165, 1.54) is 23.7 Å². The molecule has 2 aromatic carbocycles. The number of hydrogen-bond acceptors (Lipinski definition) is 8. The van der Waals surface area contributed by atoms with Crippen LogP contribution in [0.2, 0.25) is 0 Å². The number of aryl methyl sites for hydroxylation is 1. The number of anilines is 1. The summed E-state index contributed by atoms with van der Waals surface area (Å²) in [5.74, 6) is -0.229. The smallest absolute Gasteiger partial charge is 0.336 e. The normalized spacial score (nSPS) is 14.9. The Bertz CT molecular complexity index is 1250. The van der Waals surface area contributed by atoms with E-state index in [0.717, 1.165) is 27.6 Å². The van der Waals surface area contributed by atoms with E-state index < -0.39 is 16.8 Å². The topological polar surface area (TPSA) is 104 Å². The first kappa shape index (κ1) is 22.5. The number of methoxy groups -OCH3 is 1. The molecule has 2 heterocycles. The lowest BCUT2D eigenvalue weighted by Gasteiger charge is -2.28. The van der Waals surface area contributed by atoms with Crippen LogP contribution in [0.1, 0.15) is 35.2 Å². The Balaban J connectivity index is 1.63. The molecule has 1 aromatic heterocycles. The maximum atomic E-state index is 13.3. The summed E-state index contributed by atoms with van der Waals surface area (Å²) in [5.41, 5.74) is 4.29. The zero-order chi connectivity index (χ0) is 23.5. The number of benzene rings is 2. The quantitative estimate of drug-likeness (QED) is 0.298. The highest BCUT2D eigenvalue weighted by Crippen LogP contribution is 2.46. The van der Waals surface area contributed by atoms with Crippen molar-refractivity contribution in [3.8, 4) is 5.75 Å². The summed E-state index contributed by atoms with van der Waals surface area (Å²) >= 11 is 1.30. The number of hydrogen-bond donors (Lipinski definition) is 1. The van der Waals surface area contributed by atoms with Crippen LogP contribution in [0.3, 0.4) is 0 Å². The van der Waals surface area contributed by atoms with Gasteiger partial charge in [0.15, 0.2) is 0 Å². The third-order valence-electron chi connectivity index (χ3n) is 5.58. The monoisotopic (exact) mass is 465 g/mol. The Hall–Kier alpha value is -3.72. The van der Waals surface area contributed by atoms with E-state index in [1.54, 1.807) is 26.2 Å². The van der Waals surface area contributed by atoms with Gasteiger partial charge in [0, 0.05) is 35.7 Å². The summed E-state index contributed by atoms with van der Waals surface area (Å²) in [6, 6.07) is 14.0. The summed E-state index contributed by atoms with van der Waals surface area (Å²) in [6.45, 7) is 3.87. The Kier molecular flexibility index (Phi) is 6.41. The Morgan fingerprint density at radius 1 is 1.21 bits per heavy atom. The van der Waals surface area contributed by atoms with E-state index >= 15 is 0 Å². The maximum Gasteiger partial charge on any atom is 0.336 e. The van der Waals surface area contributed by atoms with Crippen molar-refractivity contribution in [1.82, 2.24) is 4.37 Å². The largest absolute Gasteiger partial charge is 0.497 e. The second-order valence-corrected chi connectivity index (χ2v) is 8.47. The number of nitrogens with zero attached hydrogens (tertiary/aromatic N) is 2. The average molecular weight is 466 g/mol. The lowest BCUT2D eigenvalue weighted by atomic mass is 9.81. The maximum absolute atomic E-state index is 13.3. The number of fused-ring (bicyclic) bond motifs is 1. The molecule has 1 aliphatic heterocycles. The molecule has 1 unspecified atom stereocenters. The average Bonchev–Trinajstić information content (AvgIpc) is 3.18. The number of carbonyl (C=O) groups is 1. The molecular weight excluding hydrogens is 442 g/mol. The Labute approximate surface area is 195 Å². The van der Waals surface area contributed by atoms with Gasteiger partial charge < -0.3 is 14.8 Å². The summed E-state index contributed by atoms with van der Waals surface area (Å²) < 4.78 is 15.3. The van der Waals surface area contributed by atoms with Gasteiger partial charge in [0.05, 0.1) is 29.9 Å². The lowest BCUT2D eigenvalue weighted by molar-refractivity contribution is -0.384. The molecule has 0 aliphatic carbocycles. The van der Waals surface area contributed by atoms with Crippen molar-refractivity contribution in [2.24, 2.45) is 0 Å².